The molecule has 112 valence electrons. The number of ether oxygens (including phenoxy) is 1. The van der Waals surface area contributed by atoms with Gasteiger partial charge in [-0.2, -0.15) is 5.10 Å². The van der Waals surface area contributed by atoms with Crippen molar-refractivity contribution in [1.82, 2.24) is 9.78 Å². The van der Waals surface area contributed by atoms with Gasteiger partial charge >= 0.3 is 0 Å². The van der Waals surface area contributed by atoms with Crippen LogP contribution in [0.25, 0.3) is 0 Å². The highest BCUT2D eigenvalue weighted by Gasteiger charge is 2.32. The second-order valence-corrected chi connectivity index (χ2v) is 5.56. The Labute approximate surface area is 120 Å². The lowest BCUT2D eigenvalue weighted by Gasteiger charge is -2.20. The zero-order chi connectivity index (χ0) is 14.5. The summed E-state index contributed by atoms with van der Waals surface area (Å²) in [4.78, 5) is 12.9. The Kier molecular flexibility index (Phi) is 5.17. The second kappa shape index (κ2) is 6.88. The van der Waals surface area contributed by atoms with E-state index in [1.165, 1.54) is 6.42 Å². The zero-order valence-corrected chi connectivity index (χ0v) is 12.5. The van der Waals surface area contributed by atoms with E-state index in [0.29, 0.717) is 11.4 Å². The maximum Gasteiger partial charge on any atom is 0.189 e. The van der Waals surface area contributed by atoms with Crippen molar-refractivity contribution in [2.45, 2.75) is 58.0 Å². The number of nitrogens with zero attached hydrogens (tertiary/aromatic N) is 2. The van der Waals surface area contributed by atoms with Crippen LogP contribution in [0.15, 0.2) is 6.20 Å². The molecule has 1 heterocycles. The standard InChI is InChI=1S/C15H25N3O2/c1-3-9-18-14(13(20-2)10-17-18)15(19)11-7-5-4-6-8-12(11)16/h10-12H,3-9,16H2,1-2H3. The van der Waals surface area contributed by atoms with Gasteiger partial charge in [0.1, 0.15) is 5.69 Å². The number of carbonyl (C=O) groups excluding carboxylic acids is 1. The molecule has 5 heteroatoms. The molecule has 0 saturated heterocycles. The molecule has 1 fully saturated rings. The minimum Gasteiger partial charge on any atom is -0.493 e. The summed E-state index contributed by atoms with van der Waals surface area (Å²) in [5, 5.41) is 4.27. The number of hydrogen-bond donors (Lipinski definition) is 1. The molecule has 1 saturated carbocycles. The van der Waals surface area contributed by atoms with Gasteiger partial charge in [-0.3, -0.25) is 9.48 Å². The van der Waals surface area contributed by atoms with Gasteiger partial charge in [-0.25, -0.2) is 0 Å². The highest BCUT2D eigenvalue weighted by atomic mass is 16.5. The molecule has 0 aromatic carbocycles. The summed E-state index contributed by atoms with van der Waals surface area (Å²) in [7, 11) is 1.58. The lowest BCUT2D eigenvalue weighted by Crippen LogP contribution is -2.35. The monoisotopic (exact) mass is 279 g/mol. The van der Waals surface area contributed by atoms with Crippen LogP contribution in [0.2, 0.25) is 0 Å². The average Bonchev–Trinajstić information content (AvgIpc) is 2.72. The number of methoxy groups -OCH3 is 1. The predicted molar refractivity (Wildman–Crippen MR) is 78.0 cm³/mol. The van der Waals surface area contributed by atoms with Crippen LogP contribution in [0.5, 0.6) is 5.75 Å². The van der Waals surface area contributed by atoms with E-state index in [1.54, 1.807) is 18.0 Å². The summed E-state index contributed by atoms with van der Waals surface area (Å²) in [5.74, 6) is 0.570. The SMILES string of the molecule is CCCn1ncc(OC)c1C(=O)C1CCCCCC1N. The van der Waals surface area contributed by atoms with Gasteiger partial charge in [0.25, 0.3) is 0 Å². The van der Waals surface area contributed by atoms with Crippen molar-refractivity contribution in [3.63, 3.8) is 0 Å². The largest absolute Gasteiger partial charge is 0.493 e. The van der Waals surface area contributed by atoms with Crippen molar-refractivity contribution in [3.05, 3.63) is 11.9 Å². The number of aromatic nitrogens is 2. The first kappa shape index (κ1) is 15.0. The molecule has 2 atom stereocenters. The van der Waals surface area contributed by atoms with Crippen LogP contribution < -0.4 is 10.5 Å². The van der Waals surface area contributed by atoms with Gasteiger partial charge in [0, 0.05) is 18.5 Å². The Morgan fingerprint density at radius 3 is 2.90 bits per heavy atom. The van der Waals surface area contributed by atoms with Crippen molar-refractivity contribution in [3.8, 4) is 5.75 Å². The molecular weight excluding hydrogens is 254 g/mol. The maximum atomic E-state index is 12.9. The second-order valence-electron chi connectivity index (χ2n) is 5.56. The van der Waals surface area contributed by atoms with E-state index in [1.807, 2.05) is 0 Å². The molecule has 1 aliphatic carbocycles. The van der Waals surface area contributed by atoms with Crippen LogP contribution in [0, 0.1) is 5.92 Å². The summed E-state index contributed by atoms with van der Waals surface area (Å²) >= 11 is 0. The first-order valence-electron chi connectivity index (χ1n) is 7.58. The van der Waals surface area contributed by atoms with Crippen molar-refractivity contribution < 1.29 is 9.53 Å². The van der Waals surface area contributed by atoms with Gasteiger partial charge < -0.3 is 10.5 Å². The topological polar surface area (TPSA) is 70.1 Å². The molecule has 0 aliphatic heterocycles. The average molecular weight is 279 g/mol. The van der Waals surface area contributed by atoms with E-state index in [0.717, 1.165) is 38.6 Å². The van der Waals surface area contributed by atoms with Crippen LogP contribution in [0.3, 0.4) is 0 Å². The first-order chi connectivity index (χ1) is 9.69. The first-order valence-corrected chi connectivity index (χ1v) is 7.58. The van der Waals surface area contributed by atoms with E-state index in [2.05, 4.69) is 12.0 Å². The van der Waals surface area contributed by atoms with E-state index < -0.39 is 0 Å². The molecular formula is C15H25N3O2. The van der Waals surface area contributed by atoms with Gasteiger partial charge in [-0.05, 0) is 19.3 Å². The van der Waals surface area contributed by atoms with Crippen LogP contribution in [0.4, 0.5) is 0 Å². The Morgan fingerprint density at radius 1 is 1.45 bits per heavy atom. The fourth-order valence-electron chi connectivity index (χ4n) is 2.99. The van der Waals surface area contributed by atoms with Gasteiger partial charge in [-0.1, -0.05) is 26.2 Å². The smallest absolute Gasteiger partial charge is 0.189 e. The van der Waals surface area contributed by atoms with Crippen LogP contribution >= 0.6 is 0 Å². The molecule has 1 aromatic rings. The lowest BCUT2D eigenvalue weighted by atomic mass is 9.89. The Balaban J connectivity index is 2.28. The number of Topliss-reactive ketones (excluding diaryl/α,β-unsaturated/α-hetero) is 1. The number of ketones is 1. The van der Waals surface area contributed by atoms with E-state index in [9.17, 15) is 4.79 Å². The van der Waals surface area contributed by atoms with Crippen molar-refractivity contribution in [2.75, 3.05) is 7.11 Å². The summed E-state index contributed by atoms with van der Waals surface area (Å²) in [6.45, 7) is 2.80. The van der Waals surface area contributed by atoms with Crippen LogP contribution in [-0.4, -0.2) is 28.7 Å². The summed E-state index contributed by atoms with van der Waals surface area (Å²) in [6.07, 6.45) is 7.74. The highest BCUT2D eigenvalue weighted by Crippen LogP contribution is 2.29. The normalized spacial score (nSPS) is 23.4. The van der Waals surface area contributed by atoms with Crippen molar-refractivity contribution in [2.24, 2.45) is 11.7 Å². The third-order valence-corrected chi connectivity index (χ3v) is 4.10. The number of hydrogen-bond acceptors (Lipinski definition) is 4. The van der Waals surface area contributed by atoms with Crippen LogP contribution in [-0.2, 0) is 6.54 Å². The number of carbonyl (C=O) groups is 1. The van der Waals surface area contributed by atoms with Gasteiger partial charge in [0.2, 0.25) is 0 Å². The fraction of sp³-hybridized carbons (Fsp3) is 0.733. The molecule has 0 amide bonds. The third-order valence-electron chi connectivity index (χ3n) is 4.10. The molecule has 0 spiro atoms. The number of rotatable bonds is 5. The summed E-state index contributed by atoms with van der Waals surface area (Å²) < 4.78 is 7.07. The van der Waals surface area contributed by atoms with Crippen LogP contribution in [0.1, 0.15) is 55.9 Å². The zero-order valence-electron chi connectivity index (χ0n) is 12.5. The fourth-order valence-corrected chi connectivity index (χ4v) is 2.99. The predicted octanol–water partition coefficient (Wildman–Crippen LogP) is 2.39. The lowest BCUT2D eigenvalue weighted by molar-refractivity contribution is 0.0880. The van der Waals surface area contributed by atoms with E-state index >= 15 is 0 Å². The molecule has 2 rings (SSSR count). The summed E-state index contributed by atoms with van der Waals surface area (Å²) in [6, 6.07) is -0.0420. The number of aryl methyl sites for hydroxylation is 1. The molecule has 0 radical (unpaired) electrons. The third kappa shape index (κ3) is 3.03. The minimum atomic E-state index is -0.0984. The quantitative estimate of drug-likeness (QED) is 0.663. The maximum absolute atomic E-state index is 12.9. The van der Waals surface area contributed by atoms with Crippen molar-refractivity contribution >= 4 is 5.78 Å². The highest BCUT2D eigenvalue weighted by molar-refractivity contribution is 5.99. The Morgan fingerprint density at radius 2 is 2.20 bits per heavy atom. The molecule has 20 heavy (non-hydrogen) atoms. The van der Waals surface area contributed by atoms with E-state index in [4.69, 9.17) is 10.5 Å². The van der Waals surface area contributed by atoms with E-state index in [-0.39, 0.29) is 17.7 Å². The van der Waals surface area contributed by atoms with Crippen molar-refractivity contribution in [1.29, 1.82) is 0 Å². The molecule has 1 aromatic heterocycles. The van der Waals surface area contributed by atoms with Gasteiger partial charge in [0.15, 0.2) is 11.5 Å². The summed E-state index contributed by atoms with van der Waals surface area (Å²) in [5.41, 5.74) is 6.80. The minimum absolute atomic E-state index is 0.0420. The molecule has 1 aliphatic rings. The number of nitrogens with two attached hydrogens (primary N) is 1. The molecule has 5 nitrogen and oxygen atoms in total. The molecule has 2 unspecified atom stereocenters. The molecule has 0 bridgehead atoms. The Hall–Kier alpha value is -1.36. The molecule has 2 N–H and O–H groups in total. The van der Waals surface area contributed by atoms with Gasteiger partial charge in [-0.15, -0.1) is 0 Å². The Bertz CT molecular complexity index is 456. The van der Waals surface area contributed by atoms with Gasteiger partial charge in [0.05, 0.1) is 13.3 Å².